The highest BCUT2D eigenvalue weighted by atomic mass is 32.2. The molecule has 0 fully saturated rings. The fraction of sp³-hybridized carbons (Fsp3) is 0.895. The summed E-state index contributed by atoms with van der Waals surface area (Å²) in [5.41, 5.74) is 0. The third-order valence-electron chi connectivity index (χ3n) is 4.29. The Hall–Kier alpha value is -1.11. The second kappa shape index (κ2) is 16.4. The van der Waals surface area contributed by atoms with Gasteiger partial charge >= 0.3 is 0 Å². The minimum Gasteiger partial charge on any atom is -0.212 e. The Morgan fingerprint density at radius 3 is 1.68 bits per heavy atom. The van der Waals surface area contributed by atoms with Crippen molar-refractivity contribution in [2.45, 2.75) is 90.4 Å². The van der Waals surface area contributed by atoms with Gasteiger partial charge in [0.05, 0.1) is 17.9 Å². The average molecular weight is 370 g/mol. The van der Waals surface area contributed by atoms with Crippen LogP contribution in [0.25, 0.3) is 0 Å². The summed E-state index contributed by atoms with van der Waals surface area (Å²) in [6, 6.07) is 4.25. The molecule has 0 atom stereocenters. The van der Waals surface area contributed by atoms with Gasteiger partial charge in [-0.3, -0.25) is 0 Å². The van der Waals surface area contributed by atoms with E-state index in [9.17, 15) is 8.42 Å². The summed E-state index contributed by atoms with van der Waals surface area (Å²) in [5, 5.41) is 17.1. The smallest absolute Gasteiger partial charge is 0.212 e. The van der Waals surface area contributed by atoms with Gasteiger partial charge < -0.3 is 0 Å². The first kappa shape index (κ1) is 23.9. The van der Waals surface area contributed by atoms with Gasteiger partial charge in [0.1, 0.15) is 0 Å². The van der Waals surface area contributed by atoms with Crippen LogP contribution in [0.3, 0.4) is 0 Å². The summed E-state index contributed by atoms with van der Waals surface area (Å²) in [6.07, 6.45) is 11.3. The Balaban J connectivity index is 4.35. The van der Waals surface area contributed by atoms with Crippen LogP contribution in [0, 0.1) is 22.7 Å². The van der Waals surface area contributed by atoms with Gasteiger partial charge in [-0.25, -0.2) is 12.7 Å². The lowest BCUT2D eigenvalue weighted by Crippen LogP contribution is -2.35. The minimum absolute atomic E-state index is 0.243. The van der Waals surface area contributed by atoms with Crippen LogP contribution in [0.5, 0.6) is 0 Å². The van der Waals surface area contributed by atoms with E-state index in [1.165, 1.54) is 6.42 Å². The van der Waals surface area contributed by atoms with Gasteiger partial charge in [0.25, 0.3) is 0 Å². The third kappa shape index (κ3) is 13.8. The summed E-state index contributed by atoms with van der Waals surface area (Å²) < 4.78 is 26.9. The number of rotatable bonds is 17. The third-order valence-corrected chi connectivity index (χ3v) is 6.25. The van der Waals surface area contributed by atoms with Crippen molar-refractivity contribution in [3.05, 3.63) is 0 Å². The molecule has 0 unspecified atom stereocenters. The number of nitrogens with zero attached hydrogens (tertiary/aromatic N) is 3. The van der Waals surface area contributed by atoms with Gasteiger partial charge in [-0.2, -0.15) is 10.5 Å². The van der Waals surface area contributed by atoms with Crippen molar-refractivity contribution < 1.29 is 8.42 Å². The molecule has 5 nitrogen and oxygen atoms in total. The van der Waals surface area contributed by atoms with Gasteiger partial charge in [-0.05, 0) is 32.1 Å². The van der Waals surface area contributed by atoms with E-state index in [0.29, 0.717) is 25.9 Å². The second-order valence-corrected chi connectivity index (χ2v) is 8.66. The Labute approximate surface area is 155 Å². The van der Waals surface area contributed by atoms with Crippen molar-refractivity contribution in [1.29, 1.82) is 10.5 Å². The molecule has 0 bridgehead atoms. The molecule has 0 aliphatic heterocycles. The highest BCUT2D eigenvalue weighted by Crippen LogP contribution is 2.13. The molecule has 0 amide bonds. The SMILES string of the molecule is CCCCCCCS(=O)(=O)N(CCCCCC#N)CCCCCC#N. The van der Waals surface area contributed by atoms with E-state index >= 15 is 0 Å². The highest BCUT2D eigenvalue weighted by molar-refractivity contribution is 7.89. The average Bonchev–Trinajstić information content (AvgIpc) is 2.59. The maximum Gasteiger partial charge on any atom is 0.214 e. The van der Waals surface area contributed by atoms with E-state index in [4.69, 9.17) is 10.5 Å². The summed E-state index contributed by atoms with van der Waals surface area (Å²) in [6.45, 7) is 3.26. The number of nitriles is 2. The Morgan fingerprint density at radius 2 is 1.20 bits per heavy atom. The van der Waals surface area contributed by atoms with E-state index in [2.05, 4.69) is 19.1 Å². The first-order chi connectivity index (χ1) is 12.1. The fourth-order valence-corrected chi connectivity index (χ4v) is 4.39. The lowest BCUT2D eigenvalue weighted by Gasteiger charge is -2.22. The molecule has 0 aromatic rings. The van der Waals surface area contributed by atoms with Crippen LogP contribution >= 0.6 is 0 Å². The first-order valence-corrected chi connectivity index (χ1v) is 11.4. The molecular weight excluding hydrogens is 334 g/mol. The van der Waals surface area contributed by atoms with Crippen molar-refractivity contribution in [3.63, 3.8) is 0 Å². The predicted molar refractivity (Wildman–Crippen MR) is 102 cm³/mol. The number of unbranched alkanes of at least 4 members (excludes halogenated alkanes) is 10. The van der Waals surface area contributed by atoms with E-state index in [1.807, 2.05) is 0 Å². The molecular formula is C19H35N3O2S. The van der Waals surface area contributed by atoms with Crippen molar-refractivity contribution >= 4 is 10.0 Å². The molecule has 0 saturated carbocycles. The molecule has 6 heteroatoms. The van der Waals surface area contributed by atoms with Crippen LogP contribution in [0.4, 0.5) is 0 Å². The topological polar surface area (TPSA) is 85.0 Å². The molecule has 0 aliphatic rings. The molecule has 0 aliphatic carbocycles. The van der Waals surface area contributed by atoms with Crippen LogP contribution in [0.15, 0.2) is 0 Å². The maximum absolute atomic E-state index is 12.6. The number of sulfonamides is 1. The highest BCUT2D eigenvalue weighted by Gasteiger charge is 2.20. The molecule has 0 aromatic carbocycles. The lowest BCUT2D eigenvalue weighted by molar-refractivity contribution is 0.386. The zero-order valence-electron chi connectivity index (χ0n) is 15.9. The zero-order chi connectivity index (χ0) is 18.8. The van der Waals surface area contributed by atoms with Crippen molar-refractivity contribution in [1.82, 2.24) is 4.31 Å². The summed E-state index contributed by atoms with van der Waals surface area (Å²) >= 11 is 0. The molecule has 0 radical (unpaired) electrons. The molecule has 0 saturated heterocycles. The van der Waals surface area contributed by atoms with Crippen molar-refractivity contribution in [2.24, 2.45) is 0 Å². The molecule has 25 heavy (non-hydrogen) atoms. The summed E-state index contributed by atoms with van der Waals surface area (Å²) in [5.74, 6) is 0.243. The standard InChI is InChI=1S/C19H35N3O2S/c1-2-3-4-9-14-19-25(23,24)22(17-12-7-5-10-15-20)18-13-8-6-11-16-21/h2-14,17-19H2,1H3. The molecule has 0 heterocycles. The summed E-state index contributed by atoms with van der Waals surface area (Å²) in [7, 11) is -3.19. The molecule has 0 rings (SSSR count). The van der Waals surface area contributed by atoms with Crippen LogP contribution < -0.4 is 0 Å². The lowest BCUT2D eigenvalue weighted by atomic mass is 10.2. The monoisotopic (exact) mass is 369 g/mol. The largest absolute Gasteiger partial charge is 0.214 e. The van der Waals surface area contributed by atoms with Gasteiger partial charge in [0, 0.05) is 25.9 Å². The Kier molecular flexibility index (Phi) is 15.6. The first-order valence-electron chi connectivity index (χ1n) is 9.80. The normalized spacial score (nSPS) is 11.4. The van der Waals surface area contributed by atoms with E-state index in [0.717, 1.165) is 64.2 Å². The second-order valence-electron chi connectivity index (χ2n) is 6.57. The van der Waals surface area contributed by atoms with Crippen LogP contribution in [-0.2, 0) is 10.0 Å². The maximum atomic E-state index is 12.6. The molecule has 144 valence electrons. The molecule has 0 spiro atoms. The quantitative estimate of drug-likeness (QED) is 0.346. The minimum atomic E-state index is -3.19. The van der Waals surface area contributed by atoms with E-state index < -0.39 is 10.0 Å². The van der Waals surface area contributed by atoms with Crippen LogP contribution in [0.1, 0.15) is 90.4 Å². The van der Waals surface area contributed by atoms with E-state index in [1.54, 1.807) is 4.31 Å². The van der Waals surface area contributed by atoms with Crippen LogP contribution in [0.2, 0.25) is 0 Å². The predicted octanol–water partition coefficient (Wildman–Crippen LogP) is 4.76. The van der Waals surface area contributed by atoms with Crippen LogP contribution in [-0.4, -0.2) is 31.6 Å². The Bertz CT molecular complexity index is 468. The van der Waals surface area contributed by atoms with Crippen molar-refractivity contribution in [2.75, 3.05) is 18.8 Å². The van der Waals surface area contributed by atoms with Gasteiger partial charge in [0.15, 0.2) is 0 Å². The molecule has 0 N–H and O–H groups in total. The van der Waals surface area contributed by atoms with E-state index in [-0.39, 0.29) is 5.75 Å². The summed E-state index contributed by atoms with van der Waals surface area (Å²) in [4.78, 5) is 0. The zero-order valence-corrected chi connectivity index (χ0v) is 16.7. The van der Waals surface area contributed by atoms with Gasteiger partial charge in [-0.15, -0.1) is 0 Å². The Morgan fingerprint density at radius 1 is 0.720 bits per heavy atom. The van der Waals surface area contributed by atoms with Gasteiger partial charge in [0.2, 0.25) is 10.0 Å². The number of hydrogen-bond donors (Lipinski definition) is 0. The van der Waals surface area contributed by atoms with Gasteiger partial charge in [-0.1, -0.05) is 45.4 Å². The van der Waals surface area contributed by atoms with Crippen molar-refractivity contribution in [3.8, 4) is 12.1 Å². The fourth-order valence-electron chi connectivity index (χ4n) is 2.75. The molecule has 0 aromatic heterocycles. The number of hydrogen-bond acceptors (Lipinski definition) is 4.